The van der Waals surface area contributed by atoms with Crippen molar-refractivity contribution in [3.8, 4) is 0 Å². The van der Waals surface area contributed by atoms with E-state index in [9.17, 15) is 0 Å². The van der Waals surface area contributed by atoms with Crippen LogP contribution in [0.4, 0.5) is 0 Å². The lowest BCUT2D eigenvalue weighted by Gasteiger charge is -2.44. The van der Waals surface area contributed by atoms with E-state index < -0.39 is 0 Å². The summed E-state index contributed by atoms with van der Waals surface area (Å²) in [4.78, 5) is 2.77. The Balaban J connectivity index is 1.87. The first-order chi connectivity index (χ1) is 7.15. The zero-order chi connectivity index (χ0) is 10.9. The molecule has 1 nitrogen and oxygen atoms in total. The third-order valence-electron chi connectivity index (χ3n) is 3.90. The monoisotopic (exact) mass is 273 g/mol. The van der Waals surface area contributed by atoms with Gasteiger partial charge in [-0.3, -0.25) is 4.90 Å². The van der Waals surface area contributed by atoms with E-state index in [2.05, 4.69) is 34.7 Å². The largest absolute Gasteiger partial charge is 0.300 e. The lowest BCUT2D eigenvalue weighted by molar-refractivity contribution is 0.0793. The Labute approximate surface area is 103 Å². The average molecular weight is 274 g/mol. The minimum absolute atomic E-state index is 0.636. The topological polar surface area (TPSA) is 3.24 Å². The highest BCUT2D eigenvalue weighted by Crippen LogP contribution is 2.44. The Bertz CT molecular complexity index is 201. The normalized spacial score (nSPS) is 24.6. The summed E-state index contributed by atoms with van der Waals surface area (Å²) in [6.45, 7) is 7.34. The number of alkyl halides is 1. The van der Waals surface area contributed by atoms with Gasteiger partial charge in [-0.05, 0) is 37.0 Å². The number of rotatable bonds is 6. The van der Waals surface area contributed by atoms with Gasteiger partial charge >= 0.3 is 0 Å². The molecular formula is C13H24BrN. The summed E-state index contributed by atoms with van der Waals surface area (Å²) < 4.78 is 0. The smallest absolute Gasteiger partial charge is 0.0100 e. The molecule has 0 bridgehead atoms. The van der Waals surface area contributed by atoms with Crippen molar-refractivity contribution in [2.75, 3.05) is 18.4 Å². The van der Waals surface area contributed by atoms with Gasteiger partial charge in [-0.15, -0.1) is 0 Å². The standard InChI is InChI=1S/C13H24BrN/c1-11(2)8-15(12-4-5-12)10-13(9-14)6-3-7-13/h11-12H,3-10H2,1-2H3. The van der Waals surface area contributed by atoms with Crippen molar-refractivity contribution in [3.63, 3.8) is 0 Å². The van der Waals surface area contributed by atoms with Crippen LogP contribution in [0.15, 0.2) is 0 Å². The quantitative estimate of drug-likeness (QED) is 0.668. The van der Waals surface area contributed by atoms with Crippen molar-refractivity contribution in [2.24, 2.45) is 11.3 Å². The van der Waals surface area contributed by atoms with Crippen molar-refractivity contribution in [1.29, 1.82) is 0 Å². The molecule has 2 aliphatic carbocycles. The van der Waals surface area contributed by atoms with E-state index in [0.29, 0.717) is 5.41 Å². The van der Waals surface area contributed by atoms with Crippen LogP contribution in [-0.4, -0.2) is 29.4 Å². The minimum Gasteiger partial charge on any atom is -0.300 e. The van der Waals surface area contributed by atoms with E-state index in [1.54, 1.807) is 0 Å². The second kappa shape index (κ2) is 4.75. The first kappa shape index (κ1) is 11.9. The van der Waals surface area contributed by atoms with Crippen molar-refractivity contribution in [1.82, 2.24) is 4.90 Å². The molecule has 2 rings (SSSR count). The minimum atomic E-state index is 0.636. The second-order valence-corrected chi connectivity index (χ2v) is 6.60. The summed E-state index contributed by atoms with van der Waals surface area (Å²) in [6.07, 6.45) is 7.24. The summed E-state index contributed by atoms with van der Waals surface area (Å²) in [5.41, 5.74) is 0.636. The maximum absolute atomic E-state index is 3.72. The Morgan fingerprint density at radius 2 is 2.00 bits per heavy atom. The molecule has 0 aliphatic heterocycles. The third-order valence-corrected chi connectivity index (χ3v) is 5.09. The van der Waals surface area contributed by atoms with Crippen molar-refractivity contribution >= 4 is 15.9 Å². The Hall–Kier alpha value is 0.440. The molecule has 15 heavy (non-hydrogen) atoms. The lowest BCUT2D eigenvalue weighted by Crippen LogP contribution is -2.45. The molecule has 0 atom stereocenters. The lowest BCUT2D eigenvalue weighted by atomic mass is 9.70. The third kappa shape index (κ3) is 2.97. The van der Waals surface area contributed by atoms with E-state index in [1.807, 2.05) is 0 Å². The van der Waals surface area contributed by atoms with Gasteiger partial charge in [0.2, 0.25) is 0 Å². The predicted octanol–water partition coefficient (Wildman–Crippen LogP) is 3.67. The van der Waals surface area contributed by atoms with E-state index >= 15 is 0 Å². The molecule has 2 heteroatoms. The fraction of sp³-hybridized carbons (Fsp3) is 1.00. The molecule has 88 valence electrons. The van der Waals surface area contributed by atoms with Gasteiger partial charge in [0.15, 0.2) is 0 Å². The maximum Gasteiger partial charge on any atom is 0.0100 e. The summed E-state index contributed by atoms with van der Waals surface area (Å²) in [7, 11) is 0. The van der Waals surface area contributed by atoms with Crippen LogP contribution in [0.1, 0.15) is 46.0 Å². The van der Waals surface area contributed by atoms with Gasteiger partial charge in [-0.2, -0.15) is 0 Å². The summed E-state index contributed by atoms with van der Waals surface area (Å²) >= 11 is 3.72. The van der Waals surface area contributed by atoms with E-state index in [4.69, 9.17) is 0 Å². The predicted molar refractivity (Wildman–Crippen MR) is 69.5 cm³/mol. The van der Waals surface area contributed by atoms with Crippen molar-refractivity contribution in [3.05, 3.63) is 0 Å². The van der Waals surface area contributed by atoms with Crippen LogP contribution < -0.4 is 0 Å². The highest BCUT2D eigenvalue weighted by Gasteiger charge is 2.40. The first-order valence-electron chi connectivity index (χ1n) is 6.45. The molecule has 0 unspecified atom stereocenters. The zero-order valence-electron chi connectivity index (χ0n) is 10.1. The molecule has 0 amide bonds. The number of nitrogens with zero attached hydrogens (tertiary/aromatic N) is 1. The summed E-state index contributed by atoms with van der Waals surface area (Å²) in [5, 5.41) is 1.21. The molecule has 0 heterocycles. The Morgan fingerprint density at radius 1 is 1.33 bits per heavy atom. The molecular weight excluding hydrogens is 250 g/mol. The molecule has 2 fully saturated rings. The van der Waals surface area contributed by atoms with Gasteiger partial charge in [-0.1, -0.05) is 36.2 Å². The Kier molecular flexibility index (Phi) is 3.77. The molecule has 0 saturated heterocycles. The molecule has 2 aliphatic rings. The molecule has 0 aromatic rings. The fourth-order valence-corrected chi connectivity index (χ4v) is 3.43. The van der Waals surface area contributed by atoms with Gasteiger partial charge in [0.25, 0.3) is 0 Å². The van der Waals surface area contributed by atoms with Crippen LogP contribution >= 0.6 is 15.9 Å². The van der Waals surface area contributed by atoms with Crippen LogP contribution in [0, 0.1) is 11.3 Å². The molecule has 0 aromatic carbocycles. The van der Waals surface area contributed by atoms with Gasteiger partial charge in [0, 0.05) is 24.5 Å². The van der Waals surface area contributed by atoms with Crippen LogP contribution in [0.2, 0.25) is 0 Å². The molecule has 0 spiro atoms. The van der Waals surface area contributed by atoms with Crippen LogP contribution in [0.3, 0.4) is 0 Å². The average Bonchev–Trinajstić information content (AvgIpc) is 2.91. The van der Waals surface area contributed by atoms with Crippen molar-refractivity contribution < 1.29 is 0 Å². The van der Waals surface area contributed by atoms with Gasteiger partial charge in [0.1, 0.15) is 0 Å². The zero-order valence-corrected chi connectivity index (χ0v) is 11.7. The number of hydrogen-bond donors (Lipinski definition) is 0. The van der Waals surface area contributed by atoms with Crippen LogP contribution in [0.25, 0.3) is 0 Å². The van der Waals surface area contributed by atoms with E-state index in [0.717, 1.165) is 12.0 Å². The first-order valence-corrected chi connectivity index (χ1v) is 7.57. The highest BCUT2D eigenvalue weighted by atomic mass is 79.9. The number of hydrogen-bond acceptors (Lipinski definition) is 1. The van der Waals surface area contributed by atoms with Gasteiger partial charge < -0.3 is 0 Å². The molecule has 0 N–H and O–H groups in total. The van der Waals surface area contributed by atoms with E-state index in [-0.39, 0.29) is 0 Å². The molecule has 2 saturated carbocycles. The van der Waals surface area contributed by atoms with Gasteiger partial charge in [-0.25, -0.2) is 0 Å². The molecule has 0 radical (unpaired) electrons. The van der Waals surface area contributed by atoms with Gasteiger partial charge in [0.05, 0.1) is 0 Å². The summed E-state index contributed by atoms with van der Waals surface area (Å²) in [6, 6.07) is 0.934. The second-order valence-electron chi connectivity index (χ2n) is 6.04. The summed E-state index contributed by atoms with van der Waals surface area (Å²) in [5.74, 6) is 0.818. The molecule has 0 aromatic heterocycles. The fourth-order valence-electron chi connectivity index (χ4n) is 2.69. The Morgan fingerprint density at radius 3 is 2.33 bits per heavy atom. The highest BCUT2D eigenvalue weighted by molar-refractivity contribution is 9.09. The van der Waals surface area contributed by atoms with E-state index in [1.165, 1.54) is 50.5 Å². The maximum atomic E-state index is 3.72. The van der Waals surface area contributed by atoms with Crippen molar-refractivity contribution in [2.45, 2.75) is 52.0 Å². The number of halogens is 1. The van der Waals surface area contributed by atoms with Crippen LogP contribution in [-0.2, 0) is 0 Å². The SMILES string of the molecule is CC(C)CN(CC1(CBr)CCC1)C1CC1. The van der Waals surface area contributed by atoms with Crippen LogP contribution in [0.5, 0.6) is 0 Å².